The zero-order chi connectivity index (χ0) is 11.8. The van der Waals surface area contributed by atoms with Crippen molar-refractivity contribution in [3.63, 3.8) is 0 Å². The predicted octanol–water partition coefficient (Wildman–Crippen LogP) is 0.370. The van der Waals surface area contributed by atoms with Crippen LogP contribution in [0.5, 0.6) is 0 Å². The van der Waals surface area contributed by atoms with E-state index in [0.717, 1.165) is 32.6 Å². The van der Waals surface area contributed by atoms with E-state index >= 15 is 0 Å². The fourth-order valence-corrected chi connectivity index (χ4v) is 1.89. The highest BCUT2D eigenvalue weighted by Gasteiger charge is 2.14. The lowest BCUT2D eigenvalue weighted by molar-refractivity contribution is 0.135. The topological polar surface area (TPSA) is 44.8 Å². The Morgan fingerprint density at radius 3 is 2.44 bits per heavy atom. The van der Waals surface area contributed by atoms with Crippen molar-refractivity contribution in [3.8, 4) is 0 Å². The van der Waals surface area contributed by atoms with Crippen LogP contribution in [0.15, 0.2) is 0 Å². The predicted molar refractivity (Wildman–Crippen MR) is 63.6 cm³/mol. The summed E-state index contributed by atoms with van der Waals surface area (Å²) >= 11 is 0. The number of hydrogen-bond donors (Lipinski definition) is 1. The van der Waals surface area contributed by atoms with Crippen molar-refractivity contribution in [2.45, 2.75) is 13.3 Å². The maximum absolute atomic E-state index is 10.8. The third-order valence-corrected chi connectivity index (χ3v) is 3.02. The van der Waals surface area contributed by atoms with Gasteiger partial charge < -0.3 is 19.9 Å². The van der Waals surface area contributed by atoms with Gasteiger partial charge in [0.15, 0.2) is 0 Å². The van der Waals surface area contributed by atoms with Crippen LogP contribution < -0.4 is 5.32 Å². The molecule has 1 rings (SSSR count). The number of ether oxygens (including phenoxy) is 1. The van der Waals surface area contributed by atoms with Crippen molar-refractivity contribution >= 4 is 6.09 Å². The van der Waals surface area contributed by atoms with Crippen molar-refractivity contribution in [2.24, 2.45) is 0 Å². The molecular formula is C11H23N3O2. The molecule has 0 spiro atoms. The van der Waals surface area contributed by atoms with Gasteiger partial charge in [-0.2, -0.15) is 0 Å². The maximum atomic E-state index is 10.8. The molecule has 0 bridgehead atoms. The molecule has 0 unspecified atom stereocenters. The lowest BCUT2D eigenvalue weighted by Crippen LogP contribution is -2.46. The zero-order valence-corrected chi connectivity index (χ0v) is 10.4. The van der Waals surface area contributed by atoms with Gasteiger partial charge in [-0.25, -0.2) is 4.79 Å². The second-order valence-corrected chi connectivity index (χ2v) is 4.05. The van der Waals surface area contributed by atoms with Crippen LogP contribution in [0, 0.1) is 0 Å². The normalized spacial score (nSPS) is 18.4. The first kappa shape index (κ1) is 13.3. The van der Waals surface area contributed by atoms with Gasteiger partial charge in [0.1, 0.15) is 0 Å². The number of rotatable bonds is 5. The quantitative estimate of drug-likeness (QED) is 0.692. The fraction of sp³-hybridized carbons (Fsp3) is 0.909. The highest BCUT2D eigenvalue weighted by atomic mass is 16.5. The smallest absolute Gasteiger partial charge is 0.406 e. The average Bonchev–Trinajstić information content (AvgIpc) is 2.35. The molecule has 1 heterocycles. The molecule has 0 saturated carbocycles. The molecule has 16 heavy (non-hydrogen) atoms. The number of nitrogens with zero attached hydrogens (tertiary/aromatic N) is 2. The number of likely N-dealkylation sites (N-methyl/N-ethyl adjacent to an activating group) is 1. The Morgan fingerprint density at radius 1 is 1.25 bits per heavy atom. The molecule has 1 N–H and O–H groups in total. The summed E-state index contributed by atoms with van der Waals surface area (Å²) in [6.45, 7) is 9.73. The molecule has 0 atom stereocenters. The van der Waals surface area contributed by atoms with Gasteiger partial charge in [-0.15, -0.1) is 0 Å². The monoisotopic (exact) mass is 229 g/mol. The van der Waals surface area contributed by atoms with Crippen LogP contribution in [0.3, 0.4) is 0 Å². The maximum Gasteiger partial charge on any atom is 0.406 e. The molecule has 1 aliphatic heterocycles. The van der Waals surface area contributed by atoms with Crippen LogP contribution in [-0.2, 0) is 4.74 Å². The van der Waals surface area contributed by atoms with E-state index in [-0.39, 0.29) is 6.09 Å². The number of hydrogen-bond acceptors (Lipinski definition) is 4. The Balaban J connectivity index is 2.00. The van der Waals surface area contributed by atoms with E-state index in [1.54, 1.807) is 0 Å². The van der Waals surface area contributed by atoms with Crippen LogP contribution in [0.4, 0.5) is 4.79 Å². The Kier molecular flexibility index (Phi) is 6.18. The minimum atomic E-state index is -0.337. The third-order valence-electron chi connectivity index (χ3n) is 3.02. The number of carbonyl (C=O) groups excluding carboxylic acids is 1. The van der Waals surface area contributed by atoms with E-state index < -0.39 is 0 Å². The largest absolute Gasteiger partial charge is 0.453 e. The van der Waals surface area contributed by atoms with Crippen molar-refractivity contribution < 1.29 is 9.53 Å². The Labute approximate surface area is 97.7 Å². The first-order valence-electron chi connectivity index (χ1n) is 6.02. The van der Waals surface area contributed by atoms with Gasteiger partial charge >= 0.3 is 6.09 Å². The molecule has 1 saturated heterocycles. The van der Waals surface area contributed by atoms with Crippen LogP contribution in [0.2, 0.25) is 0 Å². The van der Waals surface area contributed by atoms with Gasteiger partial charge in [-0.3, -0.25) is 0 Å². The van der Waals surface area contributed by atoms with Gasteiger partial charge in [0.05, 0.1) is 7.11 Å². The molecule has 1 aliphatic rings. The second kappa shape index (κ2) is 7.46. The van der Waals surface area contributed by atoms with E-state index in [2.05, 4.69) is 26.8 Å². The average molecular weight is 229 g/mol. The zero-order valence-electron chi connectivity index (χ0n) is 10.4. The van der Waals surface area contributed by atoms with Gasteiger partial charge in [0.2, 0.25) is 0 Å². The summed E-state index contributed by atoms with van der Waals surface area (Å²) in [5.41, 5.74) is 0. The van der Waals surface area contributed by atoms with Crippen molar-refractivity contribution in [3.05, 3.63) is 0 Å². The molecule has 1 fully saturated rings. The van der Waals surface area contributed by atoms with E-state index in [4.69, 9.17) is 0 Å². The standard InChI is InChI=1S/C11H23N3O2/c1-3-13-7-9-14(10-8-13)6-4-5-12-11(15)16-2/h3-10H2,1-2H3,(H,12,15). The van der Waals surface area contributed by atoms with Crippen LogP contribution in [-0.4, -0.2) is 68.8 Å². The van der Waals surface area contributed by atoms with E-state index in [0.29, 0.717) is 6.54 Å². The number of nitrogens with one attached hydrogen (secondary N) is 1. The molecular weight excluding hydrogens is 206 g/mol. The first-order valence-corrected chi connectivity index (χ1v) is 6.02. The van der Waals surface area contributed by atoms with Crippen molar-refractivity contribution in [1.29, 1.82) is 0 Å². The van der Waals surface area contributed by atoms with Gasteiger partial charge in [0.25, 0.3) is 0 Å². The van der Waals surface area contributed by atoms with Gasteiger partial charge in [-0.05, 0) is 19.5 Å². The summed E-state index contributed by atoms with van der Waals surface area (Å²) in [5, 5.41) is 2.69. The number of alkyl carbamates (subject to hydrolysis) is 1. The minimum Gasteiger partial charge on any atom is -0.453 e. The summed E-state index contributed by atoms with van der Waals surface area (Å²) in [6.07, 6.45) is 0.650. The van der Waals surface area contributed by atoms with Crippen molar-refractivity contribution in [1.82, 2.24) is 15.1 Å². The van der Waals surface area contributed by atoms with Crippen LogP contribution in [0.25, 0.3) is 0 Å². The third kappa shape index (κ3) is 4.81. The minimum absolute atomic E-state index is 0.337. The molecule has 5 heteroatoms. The summed E-state index contributed by atoms with van der Waals surface area (Å²) in [6, 6.07) is 0. The summed E-state index contributed by atoms with van der Waals surface area (Å²) < 4.78 is 4.50. The molecule has 0 aromatic carbocycles. The van der Waals surface area contributed by atoms with E-state index in [1.807, 2.05) is 0 Å². The van der Waals surface area contributed by atoms with E-state index in [9.17, 15) is 4.79 Å². The number of piperazine rings is 1. The first-order chi connectivity index (χ1) is 7.76. The molecule has 0 aromatic rings. The number of methoxy groups -OCH3 is 1. The molecule has 5 nitrogen and oxygen atoms in total. The fourth-order valence-electron chi connectivity index (χ4n) is 1.89. The summed E-state index contributed by atoms with van der Waals surface area (Å²) in [7, 11) is 1.39. The second-order valence-electron chi connectivity index (χ2n) is 4.05. The lowest BCUT2D eigenvalue weighted by atomic mass is 10.3. The van der Waals surface area contributed by atoms with Crippen molar-refractivity contribution in [2.75, 3.05) is 52.9 Å². The number of carbonyl (C=O) groups is 1. The molecule has 0 aliphatic carbocycles. The van der Waals surface area contributed by atoms with Gasteiger partial charge in [-0.1, -0.05) is 6.92 Å². The molecule has 94 valence electrons. The Bertz CT molecular complexity index is 203. The SMILES string of the molecule is CCN1CCN(CCCNC(=O)OC)CC1. The lowest BCUT2D eigenvalue weighted by Gasteiger charge is -2.33. The highest BCUT2D eigenvalue weighted by molar-refractivity contribution is 5.66. The Hall–Kier alpha value is -0.810. The molecule has 0 aromatic heterocycles. The number of amides is 1. The molecule has 1 amide bonds. The Morgan fingerprint density at radius 2 is 1.88 bits per heavy atom. The molecule has 0 radical (unpaired) electrons. The van der Waals surface area contributed by atoms with Gasteiger partial charge in [0, 0.05) is 32.7 Å². The summed E-state index contributed by atoms with van der Waals surface area (Å²) in [5.74, 6) is 0. The highest BCUT2D eigenvalue weighted by Crippen LogP contribution is 2.01. The van der Waals surface area contributed by atoms with Crippen LogP contribution in [0.1, 0.15) is 13.3 Å². The van der Waals surface area contributed by atoms with Crippen LogP contribution >= 0.6 is 0 Å². The summed E-state index contributed by atoms with van der Waals surface area (Å²) in [4.78, 5) is 15.7. The van der Waals surface area contributed by atoms with E-state index in [1.165, 1.54) is 20.2 Å².